The SMILES string of the molecule is CCC[CH2][Mg+].CCOCC.[Cl-]. The van der Waals surface area contributed by atoms with E-state index in [1.807, 2.05) is 35.6 Å². The molecular formula is C8H19ClMgO. The summed E-state index contributed by atoms with van der Waals surface area (Å²) in [5, 5.41) is 0. The average molecular weight is 191 g/mol. The van der Waals surface area contributed by atoms with Gasteiger partial charge in [-0.3, -0.25) is 0 Å². The van der Waals surface area contributed by atoms with Gasteiger partial charge in [0.2, 0.25) is 0 Å². The molecule has 0 amide bonds. The molecule has 0 radical (unpaired) electrons. The van der Waals surface area contributed by atoms with Gasteiger partial charge in [-0.25, -0.2) is 0 Å². The first-order valence-corrected chi connectivity index (χ1v) is 5.20. The number of unbranched alkanes of at least 4 members (excludes halogenated alkanes) is 1. The first kappa shape index (κ1) is 17.9. The van der Waals surface area contributed by atoms with Crippen molar-refractivity contribution >= 4 is 21.7 Å². The van der Waals surface area contributed by atoms with Crippen LogP contribution in [0.5, 0.6) is 0 Å². The molecule has 0 fully saturated rings. The Morgan fingerprint density at radius 2 is 1.55 bits per heavy atom. The second-order valence-electron chi connectivity index (χ2n) is 1.99. The summed E-state index contributed by atoms with van der Waals surface area (Å²) in [6, 6.07) is 0. The minimum atomic E-state index is 0. The van der Waals surface area contributed by atoms with Crippen LogP contribution in [0, 0.1) is 0 Å². The molecule has 0 N–H and O–H groups in total. The third kappa shape index (κ3) is 35.6. The van der Waals surface area contributed by atoms with Gasteiger partial charge in [0.05, 0.1) is 0 Å². The molecule has 0 atom stereocenters. The van der Waals surface area contributed by atoms with E-state index in [1.54, 1.807) is 0 Å². The van der Waals surface area contributed by atoms with Gasteiger partial charge >= 0.3 is 46.0 Å². The van der Waals surface area contributed by atoms with Gasteiger partial charge in [0, 0.05) is 13.2 Å². The van der Waals surface area contributed by atoms with Crippen molar-refractivity contribution in [3.05, 3.63) is 0 Å². The predicted molar refractivity (Wildman–Crippen MR) is 47.6 cm³/mol. The van der Waals surface area contributed by atoms with E-state index in [-0.39, 0.29) is 12.4 Å². The zero-order valence-electron chi connectivity index (χ0n) is 8.03. The molecule has 11 heavy (non-hydrogen) atoms. The van der Waals surface area contributed by atoms with Crippen molar-refractivity contribution in [3.63, 3.8) is 0 Å². The van der Waals surface area contributed by atoms with Crippen LogP contribution in [0.4, 0.5) is 0 Å². The van der Waals surface area contributed by atoms with Crippen LogP contribution in [0.2, 0.25) is 4.55 Å². The van der Waals surface area contributed by atoms with Crippen molar-refractivity contribution < 1.29 is 17.1 Å². The number of ether oxygens (including phenoxy) is 1. The molecule has 0 aliphatic rings. The minimum absolute atomic E-state index is 0. The second-order valence-corrected chi connectivity index (χ2v) is 2.70. The maximum Gasteiger partial charge on any atom is 0.0437 e. The molecule has 0 saturated heterocycles. The Balaban J connectivity index is -0.000000107. The maximum atomic E-state index is 4.83. The van der Waals surface area contributed by atoms with Crippen LogP contribution >= 0.6 is 0 Å². The van der Waals surface area contributed by atoms with Gasteiger partial charge in [-0.2, -0.15) is 0 Å². The number of hydrogen-bond acceptors (Lipinski definition) is 1. The van der Waals surface area contributed by atoms with Gasteiger partial charge in [-0.1, -0.05) is 0 Å². The van der Waals surface area contributed by atoms with E-state index in [9.17, 15) is 0 Å². The van der Waals surface area contributed by atoms with Gasteiger partial charge in [-0.05, 0) is 13.8 Å². The molecule has 1 nitrogen and oxygen atoms in total. The van der Waals surface area contributed by atoms with E-state index in [0.29, 0.717) is 0 Å². The third-order valence-electron chi connectivity index (χ3n) is 1.01. The molecular weight excluding hydrogens is 172 g/mol. The fourth-order valence-electron chi connectivity index (χ4n) is 0.454. The molecule has 3 heteroatoms. The Morgan fingerprint density at radius 1 is 1.09 bits per heavy atom. The van der Waals surface area contributed by atoms with Gasteiger partial charge in [-0.15, -0.1) is 0 Å². The van der Waals surface area contributed by atoms with Crippen molar-refractivity contribution in [2.24, 2.45) is 0 Å². The molecule has 0 bridgehead atoms. The molecule has 0 heterocycles. The monoisotopic (exact) mass is 190 g/mol. The Kier molecular flexibility index (Phi) is 36.6. The van der Waals surface area contributed by atoms with Crippen molar-refractivity contribution in [2.45, 2.75) is 38.2 Å². The molecule has 0 saturated carbocycles. The molecule has 0 unspecified atom stereocenters. The van der Waals surface area contributed by atoms with Crippen LogP contribution in [-0.2, 0) is 4.74 Å². The summed E-state index contributed by atoms with van der Waals surface area (Å²) >= 11 is 2.05. The summed E-state index contributed by atoms with van der Waals surface area (Å²) in [7, 11) is 0. The van der Waals surface area contributed by atoms with Gasteiger partial charge in [0.15, 0.2) is 0 Å². The van der Waals surface area contributed by atoms with E-state index >= 15 is 0 Å². The standard InChI is InChI=1S/C4H10O.C4H9.ClH.Mg/c1-3-5-4-2;1-3-4-2;;/h3-4H2,1-2H3;1,3-4H2,2H3;1H;/q;;;+1/p-1. The first-order chi connectivity index (χ1) is 4.83. The number of hydrogen-bond donors (Lipinski definition) is 0. The summed E-state index contributed by atoms with van der Waals surface area (Å²) < 4.78 is 6.20. The van der Waals surface area contributed by atoms with Gasteiger partial charge < -0.3 is 17.1 Å². The van der Waals surface area contributed by atoms with Crippen molar-refractivity contribution in [3.8, 4) is 0 Å². The Bertz CT molecular complexity index is 35.1. The largest absolute Gasteiger partial charge is 1.00 e. The number of halogens is 1. The van der Waals surface area contributed by atoms with Crippen molar-refractivity contribution in [1.29, 1.82) is 0 Å². The fourth-order valence-corrected chi connectivity index (χ4v) is 0.954. The zero-order chi connectivity index (χ0) is 8.24. The van der Waals surface area contributed by atoms with Gasteiger partial charge in [0.1, 0.15) is 0 Å². The molecule has 0 aromatic heterocycles. The summed E-state index contributed by atoms with van der Waals surface area (Å²) in [5.41, 5.74) is 0. The normalized spacial score (nSPS) is 7.73. The smallest absolute Gasteiger partial charge is 0.0437 e. The van der Waals surface area contributed by atoms with Crippen LogP contribution in [0.3, 0.4) is 0 Å². The van der Waals surface area contributed by atoms with E-state index in [2.05, 4.69) is 6.92 Å². The van der Waals surface area contributed by atoms with E-state index in [4.69, 9.17) is 4.74 Å². The predicted octanol–water partition coefficient (Wildman–Crippen LogP) is -0.580. The molecule has 66 valence electrons. The summed E-state index contributed by atoms with van der Waals surface area (Å²) in [4.78, 5) is 0. The third-order valence-corrected chi connectivity index (χ3v) is 1.51. The summed E-state index contributed by atoms with van der Waals surface area (Å²) in [6.07, 6.45) is 2.75. The van der Waals surface area contributed by atoms with Crippen LogP contribution < -0.4 is 12.4 Å². The van der Waals surface area contributed by atoms with Gasteiger partial charge in [0.25, 0.3) is 0 Å². The number of rotatable bonds is 4. The average Bonchev–Trinajstić information content (AvgIpc) is 1.93. The van der Waals surface area contributed by atoms with Crippen molar-refractivity contribution in [1.82, 2.24) is 0 Å². The van der Waals surface area contributed by atoms with Crippen molar-refractivity contribution in [2.75, 3.05) is 13.2 Å². The maximum absolute atomic E-state index is 4.83. The van der Waals surface area contributed by atoms with Crippen LogP contribution in [-0.4, -0.2) is 34.9 Å². The van der Waals surface area contributed by atoms with Crippen LogP contribution in [0.1, 0.15) is 33.6 Å². The first-order valence-electron chi connectivity index (χ1n) is 4.20. The Hall–Kier alpha value is 1.02. The Morgan fingerprint density at radius 3 is 1.55 bits per heavy atom. The molecule has 0 aromatic carbocycles. The molecule has 0 spiro atoms. The van der Waals surface area contributed by atoms with Crippen LogP contribution in [0.25, 0.3) is 0 Å². The Labute approximate surface area is 90.1 Å². The van der Waals surface area contributed by atoms with E-state index in [0.717, 1.165) is 13.2 Å². The van der Waals surface area contributed by atoms with E-state index in [1.165, 1.54) is 17.4 Å². The molecule has 0 aromatic rings. The minimum Gasteiger partial charge on any atom is -1.00 e. The second kappa shape index (κ2) is 22.5. The van der Waals surface area contributed by atoms with E-state index < -0.39 is 0 Å². The molecule has 0 aliphatic carbocycles. The fraction of sp³-hybridized carbons (Fsp3) is 1.00. The quantitative estimate of drug-likeness (QED) is 0.540. The molecule has 0 aliphatic heterocycles. The summed E-state index contributed by atoms with van der Waals surface area (Å²) in [6.45, 7) is 7.88. The molecule has 0 rings (SSSR count). The summed E-state index contributed by atoms with van der Waals surface area (Å²) in [5.74, 6) is 0. The zero-order valence-corrected chi connectivity index (χ0v) is 10.2. The topological polar surface area (TPSA) is 9.23 Å². The van der Waals surface area contributed by atoms with Crippen LogP contribution in [0.15, 0.2) is 0 Å².